The second-order valence-corrected chi connectivity index (χ2v) is 11.2. The van der Waals surface area contributed by atoms with E-state index in [0.717, 1.165) is 36.8 Å². The highest BCUT2D eigenvalue weighted by atomic mass is 32.2. The molecule has 176 valence electrons. The molecule has 0 saturated carbocycles. The molecule has 2 aliphatic heterocycles. The SMILES string of the molecule is CCOc1cc2c(cc1OCC)CN(Cn1nc(CC3CCS(=O)(=O)C3)n(C)c1=S)CC2. The Bertz CT molecular complexity index is 1140. The third kappa shape index (κ3) is 5.02. The van der Waals surface area contributed by atoms with Gasteiger partial charge in [0.05, 0.1) is 31.4 Å². The topological polar surface area (TPSA) is 78.6 Å². The second kappa shape index (κ2) is 9.52. The van der Waals surface area contributed by atoms with Crippen molar-refractivity contribution in [3.63, 3.8) is 0 Å². The number of sulfone groups is 1. The summed E-state index contributed by atoms with van der Waals surface area (Å²) < 4.78 is 39.6. The van der Waals surface area contributed by atoms with Gasteiger partial charge in [-0.2, -0.15) is 5.10 Å². The molecule has 1 unspecified atom stereocenters. The van der Waals surface area contributed by atoms with Gasteiger partial charge in [0.2, 0.25) is 0 Å². The summed E-state index contributed by atoms with van der Waals surface area (Å²) in [5.74, 6) is 3.12. The molecule has 0 radical (unpaired) electrons. The summed E-state index contributed by atoms with van der Waals surface area (Å²) in [7, 11) is -0.978. The maximum absolute atomic E-state index is 11.8. The van der Waals surface area contributed by atoms with Crippen LogP contribution >= 0.6 is 12.2 Å². The van der Waals surface area contributed by atoms with Crippen LogP contribution in [-0.4, -0.2) is 58.9 Å². The van der Waals surface area contributed by atoms with Crippen molar-refractivity contribution in [1.29, 1.82) is 0 Å². The lowest BCUT2D eigenvalue weighted by Crippen LogP contribution is -2.33. The smallest absolute Gasteiger partial charge is 0.198 e. The van der Waals surface area contributed by atoms with Crippen LogP contribution in [0.5, 0.6) is 11.5 Å². The first-order valence-corrected chi connectivity index (χ1v) is 13.5. The summed E-state index contributed by atoms with van der Waals surface area (Å²) in [5, 5.41) is 4.75. The molecule has 32 heavy (non-hydrogen) atoms. The Hall–Kier alpha value is -1.91. The highest BCUT2D eigenvalue weighted by Crippen LogP contribution is 2.34. The predicted octanol–water partition coefficient (Wildman–Crippen LogP) is 2.74. The van der Waals surface area contributed by atoms with Crippen molar-refractivity contribution in [2.24, 2.45) is 13.0 Å². The quantitative estimate of drug-likeness (QED) is 0.538. The first kappa shape index (κ1) is 23.3. The van der Waals surface area contributed by atoms with Crippen molar-refractivity contribution in [3.05, 3.63) is 33.9 Å². The minimum atomic E-state index is -2.89. The van der Waals surface area contributed by atoms with Gasteiger partial charge < -0.3 is 14.0 Å². The molecular weight excluding hydrogens is 448 g/mol. The number of rotatable bonds is 8. The molecule has 0 amide bonds. The third-order valence-corrected chi connectivity index (χ3v) is 8.54. The van der Waals surface area contributed by atoms with E-state index < -0.39 is 9.84 Å². The lowest BCUT2D eigenvalue weighted by molar-refractivity contribution is 0.186. The van der Waals surface area contributed by atoms with Gasteiger partial charge in [0.1, 0.15) is 5.82 Å². The summed E-state index contributed by atoms with van der Waals surface area (Å²) in [6.45, 7) is 7.45. The highest BCUT2D eigenvalue weighted by Gasteiger charge is 2.29. The lowest BCUT2D eigenvalue weighted by Gasteiger charge is -2.29. The number of nitrogens with zero attached hydrogens (tertiary/aromatic N) is 4. The predicted molar refractivity (Wildman–Crippen MR) is 125 cm³/mol. The van der Waals surface area contributed by atoms with Crippen molar-refractivity contribution < 1.29 is 17.9 Å². The van der Waals surface area contributed by atoms with Gasteiger partial charge in [0, 0.05) is 26.6 Å². The van der Waals surface area contributed by atoms with E-state index in [1.165, 1.54) is 11.1 Å². The zero-order valence-corrected chi connectivity index (χ0v) is 20.7. The van der Waals surface area contributed by atoms with Crippen molar-refractivity contribution in [2.75, 3.05) is 31.3 Å². The van der Waals surface area contributed by atoms with Gasteiger partial charge in [-0.15, -0.1) is 0 Å². The summed E-state index contributed by atoms with van der Waals surface area (Å²) in [4.78, 5) is 2.32. The van der Waals surface area contributed by atoms with Gasteiger partial charge in [-0.05, 0) is 68.1 Å². The first-order valence-electron chi connectivity index (χ1n) is 11.3. The van der Waals surface area contributed by atoms with Gasteiger partial charge in [0.15, 0.2) is 26.1 Å². The number of benzene rings is 1. The van der Waals surface area contributed by atoms with Gasteiger partial charge in [0.25, 0.3) is 0 Å². The number of aromatic nitrogens is 3. The molecule has 10 heteroatoms. The molecule has 0 bridgehead atoms. The van der Waals surface area contributed by atoms with Crippen LogP contribution in [0, 0.1) is 10.7 Å². The van der Waals surface area contributed by atoms with Crippen LogP contribution < -0.4 is 9.47 Å². The Balaban J connectivity index is 1.48. The molecule has 1 fully saturated rings. The molecule has 1 aromatic carbocycles. The van der Waals surface area contributed by atoms with Crippen LogP contribution in [0.2, 0.25) is 0 Å². The number of ether oxygens (including phenoxy) is 2. The van der Waals surface area contributed by atoms with Crippen molar-refractivity contribution in [2.45, 2.75) is 46.3 Å². The Morgan fingerprint density at radius 2 is 1.84 bits per heavy atom. The summed E-state index contributed by atoms with van der Waals surface area (Å²) in [6, 6.07) is 4.21. The van der Waals surface area contributed by atoms with Crippen LogP contribution in [0.3, 0.4) is 0 Å². The number of fused-ring (bicyclic) bond motifs is 1. The van der Waals surface area contributed by atoms with Crippen LogP contribution in [0.1, 0.15) is 37.2 Å². The van der Waals surface area contributed by atoms with Crippen molar-refractivity contribution in [3.8, 4) is 11.5 Å². The van der Waals surface area contributed by atoms with Crippen LogP contribution in [0.4, 0.5) is 0 Å². The molecule has 1 aromatic heterocycles. The fourth-order valence-electron chi connectivity index (χ4n) is 4.56. The van der Waals surface area contributed by atoms with Gasteiger partial charge in [-0.1, -0.05) is 0 Å². The fourth-order valence-corrected chi connectivity index (χ4v) is 6.63. The van der Waals surface area contributed by atoms with Crippen molar-refractivity contribution in [1.82, 2.24) is 19.2 Å². The minimum absolute atomic E-state index is 0.127. The van der Waals surface area contributed by atoms with E-state index >= 15 is 0 Å². The standard InChI is InChI=1S/C22H32N4O4S2/c1-4-29-19-11-17-6-8-25(13-18(17)12-20(19)30-5-2)15-26-22(31)24(3)21(23-26)10-16-7-9-32(27,28)14-16/h11-12,16H,4-10,13-15H2,1-3H3. The normalized spacial score (nSPS) is 20.3. The van der Waals surface area contributed by atoms with Gasteiger partial charge in [-0.25, -0.2) is 13.1 Å². The molecule has 4 rings (SSSR count). The summed E-state index contributed by atoms with van der Waals surface area (Å²) >= 11 is 5.63. The Kier molecular flexibility index (Phi) is 6.92. The van der Waals surface area contributed by atoms with E-state index in [1.807, 2.05) is 30.1 Å². The van der Waals surface area contributed by atoms with E-state index in [2.05, 4.69) is 17.0 Å². The van der Waals surface area contributed by atoms with E-state index in [0.29, 0.717) is 37.5 Å². The summed E-state index contributed by atoms with van der Waals surface area (Å²) in [6.07, 6.45) is 2.28. The molecule has 1 atom stereocenters. The van der Waals surface area contributed by atoms with Crippen LogP contribution in [-0.2, 0) is 42.9 Å². The molecule has 3 heterocycles. The van der Waals surface area contributed by atoms with Crippen LogP contribution in [0.25, 0.3) is 0 Å². The molecular formula is C22H32N4O4S2. The van der Waals surface area contributed by atoms with Crippen LogP contribution in [0.15, 0.2) is 12.1 Å². The molecule has 0 N–H and O–H groups in total. The average Bonchev–Trinajstić information content (AvgIpc) is 3.22. The number of hydrogen-bond acceptors (Lipinski definition) is 7. The average molecular weight is 481 g/mol. The monoisotopic (exact) mass is 480 g/mol. The minimum Gasteiger partial charge on any atom is -0.490 e. The summed E-state index contributed by atoms with van der Waals surface area (Å²) in [5.41, 5.74) is 2.53. The molecule has 0 aliphatic carbocycles. The third-order valence-electron chi connectivity index (χ3n) is 6.22. The van der Waals surface area contributed by atoms with Gasteiger partial charge >= 0.3 is 0 Å². The maximum Gasteiger partial charge on any atom is 0.198 e. The molecule has 8 nitrogen and oxygen atoms in total. The first-order chi connectivity index (χ1) is 15.3. The Morgan fingerprint density at radius 1 is 1.16 bits per heavy atom. The zero-order valence-electron chi connectivity index (χ0n) is 19.0. The van der Waals surface area contributed by atoms with Gasteiger partial charge in [-0.3, -0.25) is 4.90 Å². The molecule has 0 spiro atoms. The van der Waals surface area contributed by atoms with E-state index in [-0.39, 0.29) is 17.4 Å². The Morgan fingerprint density at radius 3 is 2.47 bits per heavy atom. The largest absolute Gasteiger partial charge is 0.490 e. The second-order valence-electron chi connectivity index (χ2n) is 8.61. The Labute approximate surface area is 195 Å². The number of hydrogen-bond donors (Lipinski definition) is 0. The molecule has 2 aliphatic rings. The molecule has 2 aromatic rings. The highest BCUT2D eigenvalue weighted by molar-refractivity contribution is 7.91. The zero-order chi connectivity index (χ0) is 22.9. The fraction of sp³-hybridized carbons (Fsp3) is 0.636. The molecule has 1 saturated heterocycles. The lowest BCUT2D eigenvalue weighted by atomic mass is 9.99. The van der Waals surface area contributed by atoms with E-state index in [4.69, 9.17) is 26.8 Å². The van der Waals surface area contributed by atoms with E-state index in [9.17, 15) is 8.42 Å². The van der Waals surface area contributed by atoms with Crippen molar-refractivity contribution >= 4 is 22.1 Å². The van der Waals surface area contributed by atoms with E-state index in [1.54, 1.807) is 0 Å². The maximum atomic E-state index is 11.8.